The maximum atomic E-state index is 12.6. The molecule has 9 heteroatoms. The molecule has 0 aliphatic carbocycles. The van der Waals surface area contributed by atoms with Crippen LogP contribution in [-0.2, 0) is 20.0 Å². The average Bonchev–Trinajstić information content (AvgIpc) is 2.36. The maximum absolute atomic E-state index is 12.6. The predicted molar refractivity (Wildman–Crippen MR) is 85.9 cm³/mol. The Morgan fingerprint density at radius 2 is 1.77 bits per heavy atom. The first kappa shape index (κ1) is 17.7. The molecule has 1 N–H and O–H groups in total. The van der Waals surface area contributed by atoms with Crippen LogP contribution in [0.1, 0.15) is 18.4 Å². The molecule has 1 aromatic rings. The Hall–Kier alpha value is -0.670. The van der Waals surface area contributed by atoms with Gasteiger partial charge in [0.25, 0.3) is 0 Å². The van der Waals surface area contributed by atoms with Crippen molar-refractivity contribution in [2.45, 2.75) is 30.7 Å². The SMILES string of the molecule is Cc1ccc(S(=O)(=O)N2CCC(NS(C)(=O)=O)CC2)c(Cl)c1. The second kappa shape index (κ2) is 6.45. The number of nitrogens with one attached hydrogen (secondary N) is 1. The van der Waals surface area contributed by atoms with Crippen LogP contribution in [0.25, 0.3) is 0 Å². The molecule has 1 fully saturated rings. The predicted octanol–water partition coefficient (Wildman–Crippen LogP) is 1.35. The molecular weight excluding hydrogens is 348 g/mol. The Kier molecular flexibility index (Phi) is 5.18. The minimum absolute atomic E-state index is 0.0919. The number of benzene rings is 1. The van der Waals surface area contributed by atoms with Crippen molar-refractivity contribution in [1.82, 2.24) is 9.03 Å². The van der Waals surface area contributed by atoms with E-state index in [-0.39, 0.29) is 29.0 Å². The van der Waals surface area contributed by atoms with Gasteiger partial charge in [0.1, 0.15) is 4.90 Å². The standard InChI is InChI=1S/C13H19ClN2O4S2/c1-10-3-4-13(12(14)9-10)22(19,20)16-7-5-11(6-8-16)15-21(2,17)18/h3-4,9,11,15H,5-8H2,1-2H3. The highest BCUT2D eigenvalue weighted by atomic mass is 35.5. The number of sulfonamides is 2. The van der Waals surface area contributed by atoms with Crippen LogP contribution in [0.2, 0.25) is 5.02 Å². The van der Waals surface area contributed by atoms with Crippen molar-refractivity contribution in [3.05, 3.63) is 28.8 Å². The first-order chi connectivity index (χ1) is 10.1. The summed E-state index contributed by atoms with van der Waals surface area (Å²) in [5.41, 5.74) is 0.889. The van der Waals surface area contributed by atoms with Crippen molar-refractivity contribution in [2.75, 3.05) is 19.3 Å². The highest BCUT2D eigenvalue weighted by Gasteiger charge is 2.31. The zero-order valence-electron chi connectivity index (χ0n) is 12.4. The van der Waals surface area contributed by atoms with Gasteiger partial charge in [-0.25, -0.2) is 21.6 Å². The quantitative estimate of drug-likeness (QED) is 0.871. The fourth-order valence-electron chi connectivity index (χ4n) is 2.47. The summed E-state index contributed by atoms with van der Waals surface area (Å²) in [7, 11) is -6.93. The molecule has 0 amide bonds. The second-order valence-electron chi connectivity index (χ2n) is 5.50. The lowest BCUT2D eigenvalue weighted by molar-refractivity contribution is 0.309. The molecule has 1 saturated heterocycles. The molecular formula is C13H19ClN2O4S2. The number of aryl methyl sites for hydroxylation is 1. The molecule has 0 saturated carbocycles. The Bertz CT molecular complexity index is 754. The van der Waals surface area contributed by atoms with E-state index < -0.39 is 20.0 Å². The van der Waals surface area contributed by atoms with Gasteiger partial charge in [-0.3, -0.25) is 0 Å². The van der Waals surface area contributed by atoms with Gasteiger partial charge in [0.2, 0.25) is 20.0 Å². The summed E-state index contributed by atoms with van der Waals surface area (Å²) in [5, 5.41) is 0.205. The van der Waals surface area contributed by atoms with Gasteiger partial charge >= 0.3 is 0 Å². The number of rotatable bonds is 4. The fraction of sp³-hybridized carbons (Fsp3) is 0.538. The zero-order valence-corrected chi connectivity index (χ0v) is 14.8. The lowest BCUT2D eigenvalue weighted by atomic mass is 10.1. The number of halogens is 1. The van der Waals surface area contributed by atoms with Gasteiger partial charge in [0, 0.05) is 19.1 Å². The van der Waals surface area contributed by atoms with E-state index in [0.29, 0.717) is 12.8 Å². The van der Waals surface area contributed by atoms with Crippen molar-refractivity contribution in [3.8, 4) is 0 Å². The lowest BCUT2D eigenvalue weighted by Crippen LogP contribution is -2.46. The smallest absolute Gasteiger partial charge is 0.213 e. The zero-order chi connectivity index (χ0) is 16.5. The van der Waals surface area contributed by atoms with Crippen LogP contribution in [-0.4, -0.2) is 46.5 Å². The van der Waals surface area contributed by atoms with Gasteiger partial charge in [-0.2, -0.15) is 4.31 Å². The third-order valence-electron chi connectivity index (χ3n) is 3.54. The van der Waals surface area contributed by atoms with E-state index in [9.17, 15) is 16.8 Å². The third kappa shape index (κ3) is 4.20. The number of nitrogens with zero attached hydrogens (tertiary/aromatic N) is 1. The molecule has 1 heterocycles. The monoisotopic (exact) mass is 366 g/mol. The molecule has 0 atom stereocenters. The van der Waals surface area contributed by atoms with Crippen molar-refractivity contribution < 1.29 is 16.8 Å². The van der Waals surface area contributed by atoms with Gasteiger partial charge < -0.3 is 0 Å². The van der Waals surface area contributed by atoms with Crippen molar-refractivity contribution in [2.24, 2.45) is 0 Å². The van der Waals surface area contributed by atoms with Crippen LogP contribution in [0.4, 0.5) is 0 Å². The molecule has 0 unspecified atom stereocenters. The van der Waals surface area contributed by atoms with Crippen LogP contribution in [0.15, 0.2) is 23.1 Å². The Morgan fingerprint density at radius 1 is 1.18 bits per heavy atom. The van der Waals surface area contributed by atoms with Crippen molar-refractivity contribution in [1.29, 1.82) is 0 Å². The number of piperidine rings is 1. The molecule has 124 valence electrons. The first-order valence-electron chi connectivity index (χ1n) is 6.83. The maximum Gasteiger partial charge on any atom is 0.244 e. The molecule has 6 nitrogen and oxygen atoms in total. The van der Waals surface area contributed by atoms with Gasteiger partial charge in [0.05, 0.1) is 11.3 Å². The summed E-state index contributed by atoms with van der Waals surface area (Å²) in [4.78, 5) is 0.0919. The summed E-state index contributed by atoms with van der Waals surface area (Å²) < 4.78 is 51.5. The van der Waals surface area contributed by atoms with Crippen LogP contribution >= 0.6 is 11.6 Å². The largest absolute Gasteiger partial charge is 0.244 e. The molecule has 0 radical (unpaired) electrons. The van der Waals surface area contributed by atoms with Gasteiger partial charge in [-0.1, -0.05) is 17.7 Å². The van der Waals surface area contributed by atoms with Gasteiger partial charge in [-0.15, -0.1) is 0 Å². The second-order valence-corrected chi connectivity index (χ2v) is 9.60. The molecule has 2 rings (SSSR count). The minimum Gasteiger partial charge on any atom is -0.213 e. The molecule has 1 aromatic carbocycles. The van der Waals surface area contributed by atoms with Crippen LogP contribution in [0.3, 0.4) is 0 Å². The van der Waals surface area contributed by atoms with Crippen LogP contribution in [0, 0.1) is 6.92 Å². The van der Waals surface area contributed by atoms with E-state index >= 15 is 0 Å². The van der Waals surface area contributed by atoms with E-state index in [0.717, 1.165) is 11.8 Å². The molecule has 0 spiro atoms. The Labute approximate surface area is 136 Å². The highest BCUT2D eigenvalue weighted by molar-refractivity contribution is 7.89. The first-order valence-corrected chi connectivity index (χ1v) is 10.5. The summed E-state index contributed by atoms with van der Waals surface area (Å²) >= 11 is 6.05. The highest BCUT2D eigenvalue weighted by Crippen LogP contribution is 2.27. The molecule has 0 aromatic heterocycles. The van der Waals surface area contributed by atoms with E-state index in [1.807, 2.05) is 6.92 Å². The van der Waals surface area contributed by atoms with Crippen LogP contribution in [0.5, 0.6) is 0 Å². The molecule has 22 heavy (non-hydrogen) atoms. The Balaban J connectivity index is 2.13. The number of hydrogen-bond acceptors (Lipinski definition) is 4. The summed E-state index contributed by atoms with van der Waals surface area (Å²) in [5.74, 6) is 0. The fourth-order valence-corrected chi connectivity index (χ4v) is 5.35. The van der Waals surface area contributed by atoms with Crippen LogP contribution < -0.4 is 4.72 Å². The summed E-state index contributed by atoms with van der Waals surface area (Å²) in [6.45, 7) is 2.37. The third-order valence-corrected chi connectivity index (χ3v) is 6.68. The van der Waals surface area contributed by atoms with Crippen molar-refractivity contribution in [3.63, 3.8) is 0 Å². The number of hydrogen-bond donors (Lipinski definition) is 1. The lowest BCUT2D eigenvalue weighted by Gasteiger charge is -2.31. The van der Waals surface area contributed by atoms with E-state index in [2.05, 4.69) is 4.72 Å². The van der Waals surface area contributed by atoms with E-state index in [1.165, 1.54) is 10.4 Å². The van der Waals surface area contributed by atoms with Gasteiger partial charge in [-0.05, 0) is 37.5 Å². The Morgan fingerprint density at radius 3 is 2.27 bits per heavy atom. The van der Waals surface area contributed by atoms with Crippen molar-refractivity contribution >= 4 is 31.6 Å². The average molecular weight is 367 g/mol. The van der Waals surface area contributed by atoms with Gasteiger partial charge in [0.15, 0.2) is 0 Å². The minimum atomic E-state index is -3.65. The normalized spacial score (nSPS) is 18.5. The molecule has 1 aliphatic rings. The molecule has 1 aliphatic heterocycles. The van der Waals surface area contributed by atoms with E-state index in [4.69, 9.17) is 11.6 Å². The topological polar surface area (TPSA) is 83.6 Å². The van der Waals surface area contributed by atoms with E-state index in [1.54, 1.807) is 12.1 Å². The summed E-state index contributed by atoms with van der Waals surface area (Å²) in [6.07, 6.45) is 1.98. The molecule has 0 bridgehead atoms. The summed E-state index contributed by atoms with van der Waals surface area (Å²) in [6, 6.07) is 4.60.